The van der Waals surface area contributed by atoms with Gasteiger partial charge in [0.1, 0.15) is 0 Å². The molecule has 3 heterocycles. The Morgan fingerprint density at radius 1 is 1.00 bits per heavy atom. The number of piperidine rings is 2. The number of hydrogen-bond donors (Lipinski definition) is 1. The average Bonchev–Trinajstić information content (AvgIpc) is 2.63. The van der Waals surface area contributed by atoms with E-state index in [1.165, 1.54) is 69.8 Å². The van der Waals surface area contributed by atoms with Crippen molar-refractivity contribution in [1.82, 2.24) is 14.7 Å². The van der Waals surface area contributed by atoms with Crippen molar-refractivity contribution in [2.75, 3.05) is 64.4 Å². The number of thioether (sulfide) groups is 1. The lowest BCUT2D eigenvalue weighted by Gasteiger charge is -2.49. The number of guanidine groups is 1. The molecular weight excluding hydrogens is 306 g/mol. The van der Waals surface area contributed by atoms with Crippen molar-refractivity contribution < 1.29 is 0 Å². The Bertz CT molecular complexity index is 394. The Labute approximate surface area is 145 Å². The van der Waals surface area contributed by atoms with Crippen LogP contribution in [0.3, 0.4) is 0 Å². The highest BCUT2D eigenvalue weighted by atomic mass is 32.2. The van der Waals surface area contributed by atoms with Crippen LogP contribution in [0.4, 0.5) is 0 Å². The van der Waals surface area contributed by atoms with Crippen LogP contribution in [-0.4, -0.2) is 90.6 Å². The van der Waals surface area contributed by atoms with E-state index < -0.39 is 0 Å². The summed E-state index contributed by atoms with van der Waals surface area (Å²) in [4.78, 5) is 12.4. The van der Waals surface area contributed by atoms with Crippen LogP contribution in [0.15, 0.2) is 4.99 Å². The van der Waals surface area contributed by atoms with Crippen LogP contribution >= 0.6 is 11.8 Å². The molecule has 0 atom stereocenters. The molecule has 3 fully saturated rings. The number of likely N-dealkylation sites (tertiary alicyclic amines) is 2. The van der Waals surface area contributed by atoms with Crippen LogP contribution in [0.5, 0.6) is 0 Å². The lowest BCUT2D eigenvalue weighted by atomic mass is 9.84. The summed E-state index contributed by atoms with van der Waals surface area (Å²) in [5, 5.41) is 0. The van der Waals surface area contributed by atoms with Crippen molar-refractivity contribution in [2.45, 2.75) is 37.6 Å². The maximum absolute atomic E-state index is 6.32. The highest BCUT2D eigenvalue weighted by Crippen LogP contribution is 2.31. The first kappa shape index (κ1) is 17.4. The highest BCUT2D eigenvalue weighted by Gasteiger charge is 2.39. The molecule has 2 N–H and O–H groups in total. The average molecular weight is 340 g/mol. The lowest BCUT2D eigenvalue weighted by Crippen LogP contribution is -2.58. The molecule has 0 aromatic carbocycles. The molecule has 0 spiro atoms. The number of hydrogen-bond acceptors (Lipinski definition) is 4. The van der Waals surface area contributed by atoms with E-state index >= 15 is 0 Å². The minimum Gasteiger partial charge on any atom is -0.370 e. The van der Waals surface area contributed by atoms with Crippen molar-refractivity contribution in [3.05, 3.63) is 0 Å². The predicted molar refractivity (Wildman–Crippen MR) is 100 cm³/mol. The molecule has 5 nitrogen and oxygen atoms in total. The summed E-state index contributed by atoms with van der Waals surface area (Å²) in [6.45, 7) is 7.87. The second-order valence-electron chi connectivity index (χ2n) is 7.35. The predicted octanol–water partition coefficient (Wildman–Crippen LogP) is 1.30. The van der Waals surface area contributed by atoms with Crippen molar-refractivity contribution in [3.63, 3.8) is 0 Å². The molecule has 3 saturated heterocycles. The summed E-state index contributed by atoms with van der Waals surface area (Å²) in [7, 11) is 2.24. The Balaban J connectivity index is 1.67. The molecule has 0 aliphatic carbocycles. The summed E-state index contributed by atoms with van der Waals surface area (Å²) in [5.41, 5.74) is 6.57. The zero-order chi connectivity index (χ0) is 16.1. The Kier molecular flexibility index (Phi) is 6.10. The fourth-order valence-electron chi connectivity index (χ4n) is 4.10. The molecule has 3 aliphatic heterocycles. The van der Waals surface area contributed by atoms with E-state index in [1.54, 1.807) is 0 Å². The molecule has 0 aromatic rings. The monoisotopic (exact) mass is 339 g/mol. The van der Waals surface area contributed by atoms with Gasteiger partial charge in [0.2, 0.25) is 0 Å². The summed E-state index contributed by atoms with van der Waals surface area (Å²) in [6.07, 6.45) is 6.55. The molecule has 3 aliphatic rings. The number of rotatable bonds is 3. The van der Waals surface area contributed by atoms with E-state index in [4.69, 9.17) is 10.7 Å². The van der Waals surface area contributed by atoms with E-state index in [0.717, 1.165) is 25.6 Å². The third kappa shape index (κ3) is 4.34. The summed E-state index contributed by atoms with van der Waals surface area (Å²) in [5.74, 6) is 3.14. The van der Waals surface area contributed by atoms with Gasteiger partial charge in [-0.25, -0.2) is 0 Å². The third-order valence-electron chi connectivity index (χ3n) is 5.82. The Morgan fingerprint density at radius 2 is 1.65 bits per heavy atom. The minimum absolute atomic E-state index is 0.252. The van der Waals surface area contributed by atoms with Gasteiger partial charge in [0.15, 0.2) is 5.96 Å². The van der Waals surface area contributed by atoms with Crippen molar-refractivity contribution in [2.24, 2.45) is 10.7 Å². The molecule has 0 unspecified atom stereocenters. The van der Waals surface area contributed by atoms with Gasteiger partial charge in [0, 0.05) is 30.1 Å². The second-order valence-corrected chi connectivity index (χ2v) is 8.57. The maximum atomic E-state index is 6.32. The van der Waals surface area contributed by atoms with Crippen LogP contribution in [0.1, 0.15) is 32.1 Å². The van der Waals surface area contributed by atoms with Gasteiger partial charge < -0.3 is 15.5 Å². The number of nitrogens with two attached hydrogens (primary N) is 1. The normalized spacial score (nSPS) is 28.0. The van der Waals surface area contributed by atoms with Crippen molar-refractivity contribution >= 4 is 17.7 Å². The quantitative estimate of drug-likeness (QED) is 0.620. The van der Waals surface area contributed by atoms with Crippen LogP contribution in [0.25, 0.3) is 0 Å². The first-order valence-corrected chi connectivity index (χ1v) is 10.4. The van der Waals surface area contributed by atoms with Gasteiger partial charge >= 0.3 is 0 Å². The van der Waals surface area contributed by atoms with Crippen molar-refractivity contribution in [3.8, 4) is 0 Å². The first-order valence-electron chi connectivity index (χ1n) is 9.26. The van der Waals surface area contributed by atoms with Crippen LogP contribution < -0.4 is 5.73 Å². The second kappa shape index (κ2) is 8.08. The van der Waals surface area contributed by atoms with Gasteiger partial charge in [-0.15, -0.1) is 0 Å². The van der Waals surface area contributed by atoms with E-state index in [2.05, 4.69) is 21.7 Å². The molecule has 0 bridgehead atoms. The maximum Gasteiger partial charge on any atom is 0.191 e. The molecule has 23 heavy (non-hydrogen) atoms. The van der Waals surface area contributed by atoms with E-state index in [9.17, 15) is 0 Å². The van der Waals surface area contributed by atoms with Gasteiger partial charge in [-0.3, -0.25) is 9.89 Å². The number of aliphatic imine (C=N–C) groups is 1. The highest BCUT2D eigenvalue weighted by molar-refractivity contribution is 7.99. The largest absolute Gasteiger partial charge is 0.370 e. The van der Waals surface area contributed by atoms with Gasteiger partial charge in [-0.05, 0) is 58.9 Å². The molecule has 3 rings (SSSR count). The van der Waals surface area contributed by atoms with Gasteiger partial charge in [-0.2, -0.15) is 11.8 Å². The van der Waals surface area contributed by atoms with Gasteiger partial charge in [0.25, 0.3) is 0 Å². The molecule has 0 amide bonds. The van der Waals surface area contributed by atoms with E-state index in [-0.39, 0.29) is 5.54 Å². The van der Waals surface area contributed by atoms with Crippen LogP contribution in [-0.2, 0) is 0 Å². The SMILES string of the molecule is CN1CCC(CN=C(N)N2CCSCC2)(N2CCCCC2)CC1. The zero-order valence-electron chi connectivity index (χ0n) is 14.7. The van der Waals surface area contributed by atoms with Crippen LogP contribution in [0.2, 0.25) is 0 Å². The smallest absolute Gasteiger partial charge is 0.191 e. The molecule has 132 valence electrons. The topological polar surface area (TPSA) is 48.1 Å². The lowest BCUT2D eigenvalue weighted by molar-refractivity contribution is 0.0207. The minimum atomic E-state index is 0.252. The van der Waals surface area contributed by atoms with Gasteiger partial charge in [-0.1, -0.05) is 6.42 Å². The van der Waals surface area contributed by atoms with E-state index in [1.807, 2.05) is 11.8 Å². The third-order valence-corrected chi connectivity index (χ3v) is 6.76. The summed E-state index contributed by atoms with van der Waals surface area (Å²) in [6, 6.07) is 0. The summed E-state index contributed by atoms with van der Waals surface area (Å²) < 4.78 is 0. The Morgan fingerprint density at radius 3 is 2.30 bits per heavy atom. The van der Waals surface area contributed by atoms with Gasteiger partial charge in [0.05, 0.1) is 6.54 Å². The standard InChI is InChI=1S/C17H33N5S/c1-20-9-5-17(6-10-20,22-7-3-2-4-8-22)15-19-16(18)21-11-13-23-14-12-21/h2-15H2,1H3,(H2,18,19). The molecule has 0 radical (unpaired) electrons. The fourth-order valence-corrected chi connectivity index (χ4v) is 5.00. The van der Waals surface area contributed by atoms with Crippen LogP contribution in [0, 0.1) is 0 Å². The molecule has 0 saturated carbocycles. The first-order chi connectivity index (χ1) is 11.2. The fraction of sp³-hybridized carbons (Fsp3) is 0.941. The summed E-state index contributed by atoms with van der Waals surface area (Å²) >= 11 is 2.02. The molecule has 6 heteroatoms. The van der Waals surface area contributed by atoms with Crippen molar-refractivity contribution in [1.29, 1.82) is 0 Å². The zero-order valence-corrected chi connectivity index (χ0v) is 15.5. The Hall–Kier alpha value is -0.460. The molecule has 0 aromatic heterocycles. The van der Waals surface area contributed by atoms with E-state index in [0.29, 0.717) is 0 Å². The molecular formula is C17H33N5S. The number of nitrogens with zero attached hydrogens (tertiary/aromatic N) is 4.